The minimum Gasteiger partial charge on any atom is -0.405 e. The predicted molar refractivity (Wildman–Crippen MR) is 39.4 cm³/mol. The summed E-state index contributed by atoms with van der Waals surface area (Å²) in [4.78, 5) is 4.81. The Kier molecular flexibility index (Phi) is 2.43. The molecule has 0 atom stereocenters. The molecule has 0 unspecified atom stereocenters. The van der Waals surface area contributed by atoms with Crippen LogP contribution in [0.3, 0.4) is 0 Å². The Balaban J connectivity index is 2.39. The third-order valence-electron chi connectivity index (χ3n) is 1.11. The van der Waals surface area contributed by atoms with Crippen molar-refractivity contribution in [2.45, 2.75) is 6.42 Å². The van der Waals surface area contributed by atoms with Crippen LogP contribution in [-0.2, 0) is 4.84 Å². The predicted octanol–water partition coefficient (Wildman–Crippen LogP) is 0.781. The molecule has 0 amide bonds. The topological polar surface area (TPSA) is 47.3 Å². The molecule has 1 aliphatic heterocycles. The summed E-state index contributed by atoms with van der Waals surface area (Å²) in [6, 6.07) is 0. The Labute approximate surface area is 59.8 Å². The van der Waals surface area contributed by atoms with Gasteiger partial charge in [-0.05, 0) is 18.4 Å². The van der Waals surface area contributed by atoms with E-state index in [-0.39, 0.29) is 0 Å². The number of rotatable bonds is 2. The van der Waals surface area contributed by atoms with Crippen molar-refractivity contribution in [1.82, 2.24) is 5.48 Å². The van der Waals surface area contributed by atoms with Crippen LogP contribution in [0.15, 0.2) is 36.4 Å². The first kappa shape index (κ1) is 6.74. The Morgan fingerprint density at radius 3 is 3.20 bits per heavy atom. The molecule has 3 N–H and O–H groups in total. The highest BCUT2D eigenvalue weighted by molar-refractivity contribution is 5.13. The molecule has 1 heterocycles. The average Bonchev–Trinajstić information content (AvgIpc) is 2.03. The van der Waals surface area contributed by atoms with Crippen LogP contribution in [0, 0.1) is 0 Å². The van der Waals surface area contributed by atoms with E-state index in [1.165, 1.54) is 6.20 Å². The van der Waals surface area contributed by atoms with Crippen LogP contribution in [0.25, 0.3) is 0 Å². The number of nitrogens with two attached hydrogens (primary N) is 1. The van der Waals surface area contributed by atoms with Crippen molar-refractivity contribution in [3.8, 4) is 0 Å². The molecule has 0 bridgehead atoms. The van der Waals surface area contributed by atoms with Crippen LogP contribution in [-0.4, -0.2) is 0 Å². The van der Waals surface area contributed by atoms with Gasteiger partial charge in [0.05, 0.1) is 5.70 Å². The zero-order chi connectivity index (χ0) is 7.23. The summed E-state index contributed by atoms with van der Waals surface area (Å²) < 4.78 is 0. The first-order chi connectivity index (χ1) is 4.93. The maximum Gasteiger partial charge on any atom is 0.119 e. The molecular weight excluding hydrogens is 128 g/mol. The second-order valence-corrected chi connectivity index (χ2v) is 1.87. The molecule has 3 heteroatoms. The smallest absolute Gasteiger partial charge is 0.119 e. The van der Waals surface area contributed by atoms with E-state index in [0.29, 0.717) is 0 Å². The number of hydroxylamine groups is 1. The summed E-state index contributed by atoms with van der Waals surface area (Å²) in [5.41, 5.74) is 8.88. The summed E-state index contributed by atoms with van der Waals surface area (Å²) in [7, 11) is 0. The molecule has 0 radical (unpaired) electrons. The molecule has 0 aromatic carbocycles. The van der Waals surface area contributed by atoms with E-state index in [1.807, 2.05) is 18.2 Å². The number of hydrogen-bond acceptors (Lipinski definition) is 3. The lowest BCUT2D eigenvalue weighted by Gasteiger charge is -2.09. The van der Waals surface area contributed by atoms with E-state index in [0.717, 1.165) is 12.1 Å². The molecule has 3 nitrogen and oxygen atoms in total. The maximum absolute atomic E-state index is 5.15. The lowest BCUT2D eigenvalue weighted by atomic mass is 10.3. The summed E-state index contributed by atoms with van der Waals surface area (Å²) in [5, 5.41) is 0. The molecule has 0 aliphatic carbocycles. The first-order valence-electron chi connectivity index (χ1n) is 3.07. The lowest BCUT2D eigenvalue weighted by Crippen LogP contribution is -2.12. The van der Waals surface area contributed by atoms with Gasteiger partial charge in [0.25, 0.3) is 0 Å². The number of allylic oxidation sites excluding steroid dienone is 3. The van der Waals surface area contributed by atoms with E-state index >= 15 is 0 Å². The number of nitrogens with one attached hydrogen (secondary N) is 1. The van der Waals surface area contributed by atoms with Crippen molar-refractivity contribution >= 4 is 0 Å². The molecule has 0 saturated carbocycles. The monoisotopic (exact) mass is 138 g/mol. The van der Waals surface area contributed by atoms with Crippen molar-refractivity contribution in [3.63, 3.8) is 0 Å². The van der Waals surface area contributed by atoms with E-state index in [4.69, 9.17) is 10.6 Å². The summed E-state index contributed by atoms with van der Waals surface area (Å²) in [6.07, 6.45) is 9.48. The van der Waals surface area contributed by atoms with Gasteiger partial charge in [-0.1, -0.05) is 6.08 Å². The second kappa shape index (κ2) is 3.61. The first-order valence-corrected chi connectivity index (χ1v) is 3.07. The van der Waals surface area contributed by atoms with Crippen LogP contribution < -0.4 is 11.2 Å². The lowest BCUT2D eigenvalue weighted by molar-refractivity contribution is 0.158. The molecule has 0 fully saturated rings. The van der Waals surface area contributed by atoms with Gasteiger partial charge in [-0.15, -0.1) is 0 Å². The SMILES string of the molecule is NC=CCC1=CC=CON1. The molecule has 0 spiro atoms. The Bertz CT molecular complexity index is 182. The van der Waals surface area contributed by atoms with Gasteiger partial charge in [0.1, 0.15) is 6.26 Å². The Morgan fingerprint density at radius 1 is 1.70 bits per heavy atom. The van der Waals surface area contributed by atoms with E-state index in [1.54, 1.807) is 6.26 Å². The quantitative estimate of drug-likeness (QED) is 0.592. The minimum absolute atomic E-state index is 0.779. The van der Waals surface area contributed by atoms with Crippen LogP contribution in [0.2, 0.25) is 0 Å². The fourth-order valence-corrected chi connectivity index (χ4v) is 0.643. The standard InChI is InChI=1S/C7H10N2O/c8-5-1-3-7-4-2-6-10-9-7/h1-2,4-6,9H,3,8H2. The minimum atomic E-state index is 0.779. The molecule has 54 valence electrons. The summed E-state index contributed by atoms with van der Waals surface area (Å²) in [6.45, 7) is 0. The van der Waals surface area contributed by atoms with E-state index in [2.05, 4.69) is 5.48 Å². The molecule has 0 aromatic rings. The molecule has 10 heavy (non-hydrogen) atoms. The zero-order valence-electron chi connectivity index (χ0n) is 5.58. The molecule has 1 rings (SSSR count). The van der Waals surface area contributed by atoms with Crippen molar-refractivity contribution in [2.24, 2.45) is 5.73 Å². The van der Waals surface area contributed by atoms with Crippen LogP contribution >= 0.6 is 0 Å². The highest BCUT2D eigenvalue weighted by Crippen LogP contribution is 2.01. The van der Waals surface area contributed by atoms with Gasteiger partial charge in [-0.3, -0.25) is 0 Å². The third kappa shape index (κ3) is 1.85. The van der Waals surface area contributed by atoms with Crippen LogP contribution in [0.4, 0.5) is 0 Å². The van der Waals surface area contributed by atoms with E-state index in [9.17, 15) is 0 Å². The highest BCUT2D eigenvalue weighted by Gasteiger charge is 1.94. The Morgan fingerprint density at radius 2 is 2.60 bits per heavy atom. The van der Waals surface area contributed by atoms with Crippen LogP contribution in [0.5, 0.6) is 0 Å². The molecule has 0 aromatic heterocycles. The summed E-state index contributed by atoms with van der Waals surface area (Å²) >= 11 is 0. The fraction of sp³-hybridized carbons (Fsp3) is 0.143. The highest BCUT2D eigenvalue weighted by atomic mass is 16.6. The van der Waals surface area contributed by atoms with Gasteiger partial charge in [0.15, 0.2) is 0 Å². The van der Waals surface area contributed by atoms with Gasteiger partial charge < -0.3 is 10.6 Å². The van der Waals surface area contributed by atoms with Crippen molar-refractivity contribution < 1.29 is 4.84 Å². The average molecular weight is 138 g/mol. The van der Waals surface area contributed by atoms with Crippen LogP contribution in [0.1, 0.15) is 6.42 Å². The van der Waals surface area contributed by atoms with Crippen molar-refractivity contribution in [3.05, 3.63) is 36.4 Å². The maximum atomic E-state index is 5.15. The van der Waals surface area contributed by atoms with Gasteiger partial charge in [0.2, 0.25) is 0 Å². The Hall–Kier alpha value is -1.38. The zero-order valence-corrected chi connectivity index (χ0v) is 5.58. The molecule has 1 aliphatic rings. The fourth-order valence-electron chi connectivity index (χ4n) is 0.643. The third-order valence-corrected chi connectivity index (χ3v) is 1.11. The summed E-state index contributed by atoms with van der Waals surface area (Å²) in [5.74, 6) is 0. The van der Waals surface area contributed by atoms with E-state index < -0.39 is 0 Å². The van der Waals surface area contributed by atoms with Crippen molar-refractivity contribution in [2.75, 3.05) is 0 Å². The molecular formula is C7H10N2O. The second-order valence-electron chi connectivity index (χ2n) is 1.87. The van der Waals surface area contributed by atoms with Gasteiger partial charge >= 0.3 is 0 Å². The van der Waals surface area contributed by atoms with Crippen molar-refractivity contribution in [1.29, 1.82) is 0 Å². The van der Waals surface area contributed by atoms with Gasteiger partial charge in [-0.25, -0.2) is 5.48 Å². The normalized spacial score (nSPS) is 16.2. The van der Waals surface area contributed by atoms with Gasteiger partial charge in [0, 0.05) is 6.42 Å². The van der Waals surface area contributed by atoms with Gasteiger partial charge in [-0.2, -0.15) is 0 Å². The largest absolute Gasteiger partial charge is 0.405 e. The molecule has 0 saturated heterocycles. The number of hydrogen-bond donors (Lipinski definition) is 2.